The molecule has 0 saturated heterocycles. The van der Waals surface area contributed by atoms with Gasteiger partial charge in [-0.15, -0.1) is 11.8 Å². The zero-order chi connectivity index (χ0) is 15.1. The number of carbonyl (C=O) groups is 1. The average molecular weight is 301 g/mol. The van der Waals surface area contributed by atoms with Crippen LogP contribution >= 0.6 is 11.8 Å². The fourth-order valence-electron chi connectivity index (χ4n) is 1.60. The number of methoxy groups -OCH3 is 1. The lowest BCUT2D eigenvalue weighted by molar-refractivity contribution is -0.387. The Morgan fingerprint density at radius 1 is 1.45 bits per heavy atom. The number of benzene rings is 1. The van der Waals surface area contributed by atoms with E-state index in [0.29, 0.717) is 5.75 Å². The van der Waals surface area contributed by atoms with Crippen molar-refractivity contribution in [2.75, 3.05) is 12.9 Å². The van der Waals surface area contributed by atoms with Gasteiger partial charge in [0.25, 0.3) is 5.69 Å². The monoisotopic (exact) mass is 301 g/mol. The number of nitrogens with zero attached hydrogens (tertiary/aromatic N) is 1. The summed E-state index contributed by atoms with van der Waals surface area (Å²) in [7, 11) is 1.14. The van der Waals surface area contributed by atoms with Gasteiger partial charge in [-0.3, -0.25) is 10.1 Å². The van der Waals surface area contributed by atoms with Gasteiger partial charge in [0.15, 0.2) is 0 Å². The van der Waals surface area contributed by atoms with Crippen LogP contribution in [0.1, 0.15) is 36.5 Å². The Morgan fingerprint density at radius 2 is 2.15 bits per heavy atom. The number of ether oxygens (including phenoxy) is 1. The molecule has 0 radical (unpaired) electrons. The van der Waals surface area contributed by atoms with E-state index < -0.39 is 16.7 Å². The summed E-state index contributed by atoms with van der Waals surface area (Å²) in [5.74, 6) is -1.10. The van der Waals surface area contributed by atoms with Crippen molar-refractivity contribution in [3.8, 4) is 0 Å². The molecule has 0 heterocycles. The van der Waals surface area contributed by atoms with Crippen molar-refractivity contribution in [3.63, 3.8) is 0 Å². The predicted octanol–water partition coefficient (Wildman–Crippen LogP) is 3.80. The molecule has 1 rings (SSSR count). The highest BCUT2D eigenvalue weighted by Crippen LogP contribution is 2.32. The van der Waals surface area contributed by atoms with Gasteiger partial charge in [0.1, 0.15) is 5.82 Å². The second-order valence-corrected chi connectivity index (χ2v) is 5.24. The minimum atomic E-state index is -0.943. The standard InChI is InChI=1S/C13H16FNO4S/c1-3-4-5-6-20-12-7-9(13(16)19-2)10(14)8-11(12)15(17)18/h7-8H,3-6H2,1-2H3. The first-order valence-electron chi connectivity index (χ1n) is 6.20. The molecule has 110 valence electrons. The summed E-state index contributed by atoms with van der Waals surface area (Å²) in [5, 5.41) is 10.9. The highest BCUT2D eigenvalue weighted by Gasteiger charge is 2.22. The average Bonchev–Trinajstić information content (AvgIpc) is 2.43. The molecule has 20 heavy (non-hydrogen) atoms. The summed E-state index contributed by atoms with van der Waals surface area (Å²) in [4.78, 5) is 22.0. The molecule has 0 bridgehead atoms. The fourth-order valence-corrected chi connectivity index (χ4v) is 2.65. The van der Waals surface area contributed by atoms with Crippen molar-refractivity contribution < 1.29 is 18.8 Å². The molecule has 0 aromatic heterocycles. The first-order valence-corrected chi connectivity index (χ1v) is 7.18. The molecule has 5 nitrogen and oxygen atoms in total. The Hall–Kier alpha value is -1.63. The zero-order valence-corrected chi connectivity index (χ0v) is 12.2. The molecule has 1 aromatic carbocycles. The highest BCUT2D eigenvalue weighted by atomic mass is 32.2. The van der Waals surface area contributed by atoms with Gasteiger partial charge >= 0.3 is 5.97 Å². The van der Waals surface area contributed by atoms with Crippen LogP contribution in [-0.4, -0.2) is 23.8 Å². The fraction of sp³-hybridized carbons (Fsp3) is 0.462. The first-order chi connectivity index (χ1) is 9.51. The van der Waals surface area contributed by atoms with E-state index in [9.17, 15) is 19.3 Å². The second-order valence-electron chi connectivity index (χ2n) is 4.10. The molecule has 0 atom stereocenters. The molecule has 0 aliphatic rings. The third-order valence-electron chi connectivity index (χ3n) is 2.66. The van der Waals surface area contributed by atoms with E-state index in [2.05, 4.69) is 11.7 Å². The van der Waals surface area contributed by atoms with Gasteiger partial charge in [0, 0.05) is 0 Å². The number of hydrogen-bond donors (Lipinski definition) is 0. The molecule has 0 aliphatic carbocycles. The smallest absolute Gasteiger partial charge is 0.340 e. The molecule has 0 fully saturated rings. The van der Waals surface area contributed by atoms with Gasteiger partial charge < -0.3 is 4.74 Å². The van der Waals surface area contributed by atoms with E-state index in [1.165, 1.54) is 17.8 Å². The third-order valence-corrected chi connectivity index (χ3v) is 3.79. The Morgan fingerprint density at radius 3 is 2.70 bits per heavy atom. The van der Waals surface area contributed by atoms with Gasteiger partial charge in [0.2, 0.25) is 0 Å². The van der Waals surface area contributed by atoms with Crippen LogP contribution in [0.3, 0.4) is 0 Å². The normalized spacial score (nSPS) is 10.3. The largest absolute Gasteiger partial charge is 0.465 e. The predicted molar refractivity (Wildman–Crippen MR) is 74.6 cm³/mol. The molecule has 0 N–H and O–H groups in total. The SMILES string of the molecule is CCCCCSc1cc(C(=O)OC)c(F)cc1[N+](=O)[O-]. The van der Waals surface area contributed by atoms with Crippen molar-refractivity contribution in [1.82, 2.24) is 0 Å². The molecule has 0 spiro atoms. The summed E-state index contributed by atoms with van der Waals surface area (Å²) in [5.41, 5.74) is -0.604. The van der Waals surface area contributed by atoms with Gasteiger partial charge in [-0.2, -0.15) is 0 Å². The Bertz CT molecular complexity index is 507. The van der Waals surface area contributed by atoms with Crippen molar-refractivity contribution in [2.24, 2.45) is 0 Å². The van der Waals surface area contributed by atoms with Crippen molar-refractivity contribution >= 4 is 23.4 Å². The molecule has 1 aromatic rings. The first kappa shape index (κ1) is 16.4. The van der Waals surface area contributed by atoms with Crippen LogP contribution < -0.4 is 0 Å². The summed E-state index contributed by atoms with van der Waals surface area (Å²) in [6, 6.07) is 1.96. The number of nitro benzene ring substituents is 1. The number of hydrogen-bond acceptors (Lipinski definition) is 5. The maximum absolute atomic E-state index is 13.7. The number of thioether (sulfide) groups is 1. The summed E-state index contributed by atoms with van der Waals surface area (Å²) >= 11 is 1.25. The Balaban J connectivity index is 3.04. The number of unbranched alkanes of at least 4 members (excludes halogenated alkanes) is 2. The minimum absolute atomic E-state index is 0.281. The molecule has 0 saturated carbocycles. The van der Waals surface area contributed by atoms with Crippen LogP contribution in [0.15, 0.2) is 17.0 Å². The van der Waals surface area contributed by atoms with Crippen LogP contribution in [-0.2, 0) is 4.74 Å². The van der Waals surface area contributed by atoms with E-state index in [4.69, 9.17) is 0 Å². The van der Waals surface area contributed by atoms with Crippen LogP contribution in [0.25, 0.3) is 0 Å². The maximum atomic E-state index is 13.7. The highest BCUT2D eigenvalue weighted by molar-refractivity contribution is 7.99. The number of halogens is 1. The minimum Gasteiger partial charge on any atom is -0.465 e. The van der Waals surface area contributed by atoms with E-state index in [1.54, 1.807) is 0 Å². The van der Waals surface area contributed by atoms with E-state index in [-0.39, 0.29) is 16.1 Å². The number of rotatable bonds is 7. The summed E-state index contributed by atoms with van der Waals surface area (Å²) in [6.07, 6.45) is 2.97. The van der Waals surface area contributed by atoms with Crippen LogP contribution in [0.5, 0.6) is 0 Å². The van der Waals surface area contributed by atoms with Crippen molar-refractivity contribution in [2.45, 2.75) is 31.1 Å². The maximum Gasteiger partial charge on any atom is 0.340 e. The van der Waals surface area contributed by atoms with Crippen LogP contribution in [0.2, 0.25) is 0 Å². The number of carbonyl (C=O) groups excluding carboxylic acids is 1. The lowest BCUT2D eigenvalue weighted by atomic mass is 10.2. The van der Waals surface area contributed by atoms with Crippen molar-refractivity contribution in [3.05, 3.63) is 33.6 Å². The van der Waals surface area contributed by atoms with E-state index in [0.717, 1.165) is 32.4 Å². The summed E-state index contributed by atoms with van der Waals surface area (Å²) < 4.78 is 18.1. The molecular formula is C13H16FNO4S. The second kappa shape index (κ2) is 7.84. The molecule has 0 amide bonds. The van der Waals surface area contributed by atoms with Gasteiger partial charge in [0.05, 0.1) is 28.6 Å². The quantitative estimate of drug-likeness (QED) is 0.252. The van der Waals surface area contributed by atoms with Gasteiger partial charge in [-0.25, -0.2) is 9.18 Å². The topological polar surface area (TPSA) is 69.4 Å². The van der Waals surface area contributed by atoms with Crippen LogP contribution in [0.4, 0.5) is 10.1 Å². The van der Waals surface area contributed by atoms with E-state index in [1.807, 2.05) is 0 Å². The molecular weight excluding hydrogens is 285 g/mol. The van der Waals surface area contributed by atoms with E-state index >= 15 is 0 Å². The van der Waals surface area contributed by atoms with Gasteiger partial charge in [-0.05, 0) is 18.2 Å². The Kier molecular flexibility index (Phi) is 6.44. The lowest BCUT2D eigenvalue weighted by Gasteiger charge is -2.06. The third kappa shape index (κ3) is 4.19. The summed E-state index contributed by atoms with van der Waals surface area (Å²) in [6.45, 7) is 2.06. The molecule has 0 unspecified atom stereocenters. The number of esters is 1. The number of nitro groups is 1. The molecule has 7 heteroatoms. The Labute approximate surface area is 120 Å². The van der Waals surface area contributed by atoms with Gasteiger partial charge in [-0.1, -0.05) is 19.8 Å². The molecule has 0 aliphatic heterocycles. The van der Waals surface area contributed by atoms with Crippen LogP contribution in [0, 0.1) is 15.9 Å². The zero-order valence-electron chi connectivity index (χ0n) is 11.3. The van der Waals surface area contributed by atoms with Crippen molar-refractivity contribution in [1.29, 1.82) is 0 Å². The lowest BCUT2D eigenvalue weighted by Crippen LogP contribution is -2.06.